The highest BCUT2D eigenvalue weighted by Gasteiger charge is 2.44. The highest BCUT2D eigenvalue weighted by atomic mass is 32.2. The number of aromatic nitrogens is 1. The van der Waals surface area contributed by atoms with Gasteiger partial charge in [-0.2, -0.15) is 36.3 Å². The molecule has 2 aromatic rings. The highest BCUT2D eigenvalue weighted by Crippen LogP contribution is 2.37. The molecule has 2 rings (SSSR count). The van der Waals surface area contributed by atoms with Gasteiger partial charge in [0, 0.05) is 12.4 Å². The van der Waals surface area contributed by atoms with E-state index in [2.05, 4.69) is 4.98 Å². The molecule has 1 heterocycles. The molecule has 0 spiro atoms. The van der Waals surface area contributed by atoms with Crippen molar-refractivity contribution in [1.82, 2.24) is 9.71 Å². The zero-order valence-electron chi connectivity index (χ0n) is 13.3. The number of sulfonamides is 1. The molecule has 1 N–H and O–H groups in total. The number of nitriles is 1. The zero-order valence-corrected chi connectivity index (χ0v) is 14.1. The van der Waals surface area contributed by atoms with E-state index in [4.69, 9.17) is 5.26 Å². The Labute approximate surface area is 153 Å². The summed E-state index contributed by atoms with van der Waals surface area (Å²) < 4.78 is 117. The van der Waals surface area contributed by atoms with Crippen LogP contribution in [0.5, 0.6) is 0 Å². The van der Waals surface area contributed by atoms with Gasteiger partial charge in [-0.15, -0.1) is 0 Å². The van der Waals surface area contributed by atoms with Crippen molar-refractivity contribution < 1.29 is 39.2 Å². The Morgan fingerprint density at radius 1 is 1.07 bits per heavy atom. The largest absolute Gasteiger partial charge is 0.419 e. The van der Waals surface area contributed by atoms with Crippen LogP contribution < -0.4 is 4.72 Å². The van der Waals surface area contributed by atoms with E-state index in [1.807, 2.05) is 0 Å². The van der Waals surface area contributed by atoms with Gasteiger partial charge in [-0.25, -0.2) is 12.8 Å². The second kappa shape index (κ2) is 7.36. The molecular weight excluding hydrogens is 419 g/mol. The molecule has 150 valence electrons. The topological polar surface area (TPSA) is 82.8 Å². The SMILES string of the molecule is N#Cc1cncc(S(=O)(=O)NC(c2ccc(C(F)(F)F)c(F)c2)C(F)(F)F)c1. The summed E-state index contributed by atoms with van der Waals surface area (Å²) in [6.07, 6.45) is -8.81. The number of nitrogens with one attached hydrogen (secondary N) is 1. The molecule has 28 heavy (non-hydrogen) atoms. The second-order valence-electron chi connectivity index (χ2n) is 5.35. The number of benzene rings is 1. The molecule has 0 saturated heterocycles. The van der Waals surface area contributed by atoms with Gasteiger partial charge in [0.25, 0.3) is 0 Å². The molecule has 0 aliphatic heterocycles. The monoisotopic (exact) mass is 427 g/mol. The number of nitrogens with zero attached hydrogens (tertiary/aromatic N) is 2. The number of halogens is 7. The van der Waals surface area contributed by atoms with Crippen LogP contribution in [-0.4, -0.2) is 19.6 Å². The second-order valence-corrected chi connectivity index (χ2v) is 7.07. The van der Waals surface area contributed by atoms with Crippen LogP contribution in [0.1, 0.15) is 22.7 Å². The van der Waals surface area contributed by atoms with Crippen LogP contribution in [0.4, 0.5) is 30.7 Å². The smallest absolute Gasteiger partial charge is 0.262 e. The molecule has 0 aliphatic rings. The third-order valence-electron chi connectivity index (χ3n) is 3.38. The van der Waals surface area contributed by atoms with Crippen molar-refractivity contribution in [1.29, 1.82) is 5.26 Å². The van der Waals surface area contributed by atoms with Crippen molar-refractivity contribution in [2.24, 2.45) is 0 Å². The molecule has 0 radical (unpaired) electrons. The molecule has 0 aliphatic carbocycles. The standard InChI is InChI=1S/C15H8F7N3O2S/c16-12-4-9(1-2-11(12)14(17,18)19)13(15(20,21)22)25-28(26,27)10-3-8(5-23)6-24-7-10/h1-4,6-7,13,25H. The number of hydrogen-bond acceptors (Lipinski definition) is 4. The molecule has 0 bridgehead atoms. The maximum Gasteiger partial charge on any atom is 0.419 e. The molecule has 13 heteroatoms. The third kappa shape index (κ3) is 4.76. The van der Waals surface area contributed by atoms with Crippen molar-refractivity contribution >= 4 is 10.0 Å². The van der Waals surface area contributed by atoms with E-state index in [1.165, 1.54) is 4.72 Å². The number of hydrogen-bond donors (Lipinski definition) is 1. The molecule has 5 nitrogen and oxygen atoms in total. The summed E-state index contributed by atoms with van der Waals surface area (Å²) in [4.78, 5) is 2.62. The molecule has 0 amide bonds. The fraction of sp³-hybridized carbons (Fsp3) is 0.200. The van der Waals surface area contributed by atoms with Crippen molar-refractivity contribution in [3.8, 4) is 6.07 Å². The Morgan fingerprint density at radius 3 is 2.21 bits per heavy atom. The fourth-order valence-corrected chi connectivity index (χ4v) is 3.31. The van der Waals surface area contributed by atoms with Gasteiger partial charge in [-0.1, -0.05) is 6.07 Å². The first-order chi connectivity index (χ1) is 12.8. The van der Waals surface area contributed by atoms with Crippen LogP contribution in [0.3, 0.4) is 0 Å². The third-order valence-corrected chi connectivity index (χ3v) is 4.77. The van der Waals surface area contributed by atoms with Crippen molar-refractivity contribution in [3.05, 3.63) is 59.2 Å². The van der Waals surface area contributed by atoms with E-state index in [9.17, 15) is 39.2 Å². The molecule has 1 aromatic heterocycles. The molecular formula is C15H8F7N3O2S. The van der Waals surface area contributed by atoms with E-state index in [-0.39, 0.29) is 17.7 Å². The van der Waals surface area contributed by atoms with Gasteiger partial charge in [0.1, 0.15) is 22.8 Å². The Balaban J connectivity index is 2.48. The van der Waals surface area contributed by atoms with E-state index >= 15 is 0 Å². The lowest BCUT2D eigenvalue weighted by Gasteiger charge is -2.22. The van der Waals surface area contributed by atoms with E-state index in [1.54, 1.807) is 6.07 Å². The van der Waals surface area contributed by atoms with E-state index < -0.39 is 50.3 Å². The first kappa shape index (κ1) is 21.6. The lowest BCUT2D eigenvalue weighted by Crippen LogP contribution is -2.38. The molecule has 0 saturated carbocycles. The van der Waals surface area contributed by atoms with Gasteiger partial charge >= 0.3 is 12.4 Å². The zero-order chi connectivity index (χ0) is 21.3. The summed E-state index contributed by atoms with van der Waals surface area (Å²) in [5, 5.41) is 8.72. The summed E-state index contributed by atoms with van der Waals surface area (Å²) >= 11 is 0. The van der Waals surface area contributed by atoms with Crippen LogP contribution in [0.25, 0.3) is 0 Å². The quantitative estimate of drug-likeness (QED) is 0.755. The summed E-state index contributed by atoms with van der Waals surface area (Å²) in [7, 11) is -4.90. The average Bonchev–Trinajstić information content (AvgIpc) is 2.57. The van der Waals surface area contributed by atoms with Crippen LogP contribution >= 0.6 is 0 Å². The Bertz CT molecular complexity index is 1030. The minimum absolute atomic E-state index is 0.0482. The minimum Gasteiger partial charge on any atom is -0.262 e. The van der Waals surface area contributed by atoms with Gasteiger partial charge in [0.15, 0.2) is 0 Å². The first-order valence-electron chi connectivity index (χ1n) is 7.06. The minimum atomic E-state index is -5.31. The van der Waals surface area contributed by atoms with Gasteiger partial charge in [-0.05, 0) is 23.8 Å². The summed E-state index contributed by atoms with van der Waals surface area (Å²) in [5.41, 5.74) is -3.15. The van der Waals surface area contributed by atoms with Gasteiger partial charge < -0.3 is 0 Å². The lowest BCUT2D eigenvalue weighted by molar-refractivity contribution is -0.153. The Morgan fingerprint density at radius 2 is 1.71 bits per heavy atom. The predicted molar refractivity (Wildman–Crippen MR) is 79.5 cm³/mol. The normalized spacial score (nSPS) is 13.8. The summed E-state index contributed by atoms with van der Waals surface area (Å²) in [6, 6.07) is -0.399. The molecule has 1 aromatic carbocycles. The number of rotatable bonds is 4. The van der Waals surface area contributed by atoms with Crippen LogP contribution in [0.15, 0.2) is 41.6 Å². The van der Waals surface area contributed by atoms with E-state index in [0.29, 0.717) is 12.3 Å². The van der Waals surface area contributed by atoms with Crippen LogP contribution in [-0.2, 0) is 16.2 Å². The van der Waals surface area contributed by atoms with Crippen LogP contribution in [0.2, 0.25) is 0 Å². The van der Waals surface area contributed by atoms with Gasteiger partial charge in [-0.3, -0.25) is 4.98 Å². The average molecular weight is 427 g/mol. The number of alkyl halides is 6. The van der Waals surface area contributed by atoms with Crippen molar-refractivity contribution in [2.75, 3.05) is 0 Å². The maximum atomic E-state index is 13.6. The predicted octanol–water partition coefficient (Wildman–Crippen LogP) is 3.69. The highest BCUT2D eigenvalue weighted by molar-refractivity contribution is 7.89. The first-order valence-corrected chi connectivity index (χ1v) is 8.55. The van der Waals surface area contributed by atoms with E-state index in [0.717, 1.165) is 12.3 Å². The summed E-state index contributed by atoms with van der Waals surface area (Å²) in [6.45, 7) is 0. The molecule has 1 atom stereocenters. The van der Waals surface area contributed by atoms with Crippen molar-refractivity contribution in [2.45, 2.75) is 23.3 Å². The molecule has 1 unspecified atom stereocenters. The molecule has 0 fully saturated rings. The van der Waals surface area contributed by atoms with Gasteiger partial charge in [0.05, 0.1) is 11.1 Å². The summed E-state index contributed by atoms with van der Waals surface area (Å²) in [5.74, 6) is -1.99. The lowest BCUT2D eigenvalue weighted by atomic mass is 10.0. The fourth-order valence-electron chi connectivity index (χ4n) is 2.11. The maximum absolute atomic E-state index is 13.6. The number of pyridine rings is 1. The van der Waals surface area contributed by atoms with Crippen LogP contribution in [0, 0.1) is 17.1 Å². The van der Waals surface area contributed by atoms with Gasteiger partial charge in [0.2, 0.25) is 10.0 Å². The van der Waals surface area contributed by atoms with Crippen molar-refractivity contribution in [3.63, 3.8) is 0 Å². The Hall–Kier alpha value is -2.72. The Kier molecular flexibility index (Phi) is 5.67.